The largest absolute Gasteiger partial charge is 0.343 e. The van der Waals surface area contributed by atoms with Crippen LogP contribution in [0, 0.1) is 0 Å². The number of hydrogen-bond acceptors (Lipinski definition) is 4. The maximum atomic E-state index is 12.8. The molecule has 1 aromatic heterocycles. The van der Waals surface area contributed by atoms with Crippen LogP contribution in [-0.2, 0) is 28.3 Å². The van der Waals surface area contributed by atoms with E-state index in [0.29, 0.717) is 31.4 Å². The molecule has 1 amide bonds. The number of fused-ring (bicyclic) bond motifs is 1. The second-order valence-electron chi connectivity index (χ2n) is 7.62. The van der Waals surface area contributed by atoms with Gasteiger partial charge in [0.25, 0.3) is 0 Å². The van der Waals surface area contributed by atoms with E-state index >= 15 is 0 Å². The Labute approximate surface area is 173 Å². The van der Waals surface area contributed by atoms with Crippen molar-refractivity contribution < 1.29 is 13.2 Å². The monoisotopic (exact) mass is 420 g/mol. The van der Waals surface area contributed by atoms with E-state index in [0.717, 1.165) is 37.3 Å². The van der Waals surface area contributed by atoms with Crippen molar-refractivity contribution in [2.75, 3.05) is 26.2 Å². The molecular weight excluding hydrogens is 388 g/mol. The molecule has 0 N–H and O–H groups in total. The molecular formula is C21H32N4O3S. The maximum absolute atomic E-state index is 12.8. The Morgan fingerprint density at radius 1 is 1.10 bits per heavy atom. The predicted molar refractivity (Wildman–Crippen MR) is 114 cm³/mol. The molecule has 1 aromatic carbocycles. The maximum Gasteiger partial charge on any atom is 0.243 e. The van der Waals surface area contributed by atoms with Gasteiger partial charge in [0.2, 0.25) is 15.9 Å². The van der Waals surface area contributed by atoms with E-state index in [-0.39, 0.29) is 10.8 Å². The lowest BCUT2D eigenvalue weighted by Gasteiger charge is -2.20. The minimum absolute atomic E-state index is 0.184. The smallest absolute Gasteiger partial charge is 0.243 e. The zero-order valence-electron chi connectivity index (χ0n) is 17.7. The van der Waals surface area contributed by atoms with Crippen molar-refractivity contribution >= 4 is 27.0 Å². The average Bonchev–Trinajstić information content (AvgIpc) is 2.88. The third-order valence-corrected chi connectivity index (χ3v) is 7.86. The van der Waals surface area contributed by atoms with Crippen LogP contribution in [0.3, 0.4) is 0 Å². The van der Waals surface area contributed by atoms with Crippen molar-refractivity contribution in [1.82, 2.24) is 18.8 Å². The van der Waals surface area contributed by atoms with Crippen LogP contribution >= 0.6 is 0 Å². The Bertz CT molecular complexity index is 956. The number of aromatic nitrogens is 2. The van der Waals surface area contributed by atoms with E-state index in [1.54, 1.807) is 18.2 Å². The Balaban J connectivity index is 1.78. The molecule has 160 valence electrons. The van der Waals surface area contributed by atoms with Crippen molar-refractivity contribution in [3.63, 3.8) is 0 Å². The summed E-state index contributed by atoms with van der Waals surface area (Å²) < 4.78 is 29.0. The summed E-state index contributed by atoms with van der Waals surface area (Å²) in [5.41, 5.74) is 1.53. The molecule has 2 heterocycles. The molecule has 1 aliphatic heterocycles. The molecule has 0 unspecified atom stereocenters. The molecule has 7 nitrogen and oxygen atoms in total. The SMILES string of the molecule is CCN(CC)S(=O)(=O)c1ccc2c(c1)nc(CCC(=O)N1CCCCCC1)n2C. The third kappa shape index (κ3) is 4.64. The van der Waals surface area contributed by atoms with Crippen molar-refractivity contribution in [3.05, 3.63) is 24.0 Å². The number of aryl methyl sites for hydroxylation is 2. The first-order valence-corrected chi connectivity index (χ1v) is 12.1. The minimum atomic E-state index is -3.52. The molecule has 0 radical (unpaired) electrons. The molecule has 0 spiro atoms. The van der Waals surface area contributed by atoms with Gasteiger partial charge >= 0.3 is 0 Å². The van der Waals surface area contributed by atoms with Gasteiger partial charge in [0.1, 0.15) is 5.82 Å². The number of sulfonamides is 1. The van der Waals surface area contributed by atoms with Gasteiger partial charge < -0.3 is 9.47 Å². The Kier molecular flexibility index (Phi) is 6.95. The summed E-state index contributed by atoms with van der Waals surface area (Å²) in [5.74, 6) is 0.990. The number of nitrogens with zero attached hydrogens (tertiary/aromatic N) is 4. The quantitative estimate of drug-likeness (QED) is 0.690. The molecule has 0 saturated carbocycles. The van der Waals surface area contributed by atoms with Crippen LogP contribution in [0.25, 0.3) is 11.0 Å². The van der Waals surface area contributed by atoms with Crippen LogP contribution in [-0.4, -0.2) is 59.3 Å². The highest BCUT2D eigenvalue weighted by Crippen LogP contribution is 2.23. The number of carbonyl (C=O) groups excluding carboxylic acids is 1. The number of likely N-dealkylation sites (tertiary alicyclic amines) is 1. The molecule has 1 saturated heterocycles. The van der Waals surface area contributed by atoms with Gasteiger partial charge in [0.15, 0.2) is 0 Å². The van der Waals surface area contributed by atoms with Crippen LogP contribution in [0.15, 0.2) is 23.1 Å². The first-order chi connectivity index (χ1) is 13.9. The highest BCUT2D eigenvalue weighted by Gasteiger charge is 2.23. The number of rotatable bonds is 7. The molecule has 29 heavy (non-hydrogen) atoms. The molecule has 0 atom stereocenters. The van der Waals surface area contributed by atoms with E-state index in [1.165, 1.54) is 17.1 Å². The summed E-state index contributed by atoms with van der Waals surface area (Å²) in [4.78, 5) is 19.5. The van der Waals surface area contributed by atoms with Crippen molar-refractivity contribution in [2.24, 2.45) is 7.05 Å². The second-order valence-corrected chi connectivity index (χ2v) is 9.56. The van der Waals surface area contributed by atoms with Crippen LogP contribution in [0.4, 0.5) is 0 Å². The lowest BCUT2D eigenvalue weighted by atomic mass is 10.2. The summed E-state index contributed by atoms with van der Waals surface area (Å²) >= 11 is 0. The van der Waals surface area contributed by atoms with Crippen LogP contribution in [0.1, 0.15) is 51.8 Å². The molecule has 3 rings (SSSR count). The standard InChI is InChI=1S/C21H32N4O3S/c1-4-25(5-2)29(27,28)17-10-11-19-18(16-17)22-20(23(19)3)12-13-21(26)24-14-8-6-7-9-15-24/h10-11,16H,4-9,12-15H2,1-3H3. The Hall–Kier alpha value is -1.93. The van der Waals surface area contributed by atoms with Gasteiger partial charge in [0, 0.05) is 46.1 Å². The molecule has 2 aromatic rings. The van der Waals surface area contributed by atoms with Crippen LogP contribution in [0.5, 0.6) is 0 Å². The fourth-order valence-corrected chi connectivity index (χ4v) is 5.50. The van der Waals surface area contributed by atoms with E-state index in [2.05, 4.69) is 4.98 Å². The molecule has 1 fully saturated rings. The number of hydrogen-bond donors (Lipinski definition) is 0. The van der Waals surface area contributed by atoms with Gasteiger partial charge in [-0.15, -0.1) is 0 Å². The summed E-state index contributed by atoms with van der Waals surface area (Å²) in [6.45, 7) is 6.24. The lowest BCUT2D eigenvalue weighted by molar-refractivity contribution is -0.131. The third-order valence-electron chi connectivity index (χ3n) is 5.81. The summed E-state index contributed by atoms with van der Waals surface area (Å²) in [5, 5.41) is 0. The molecule has 8 heteroatoms. The van der Waals surface area contributed by atoms with Gasteiger partial charge in [-0.3, -0.25) is 4.79 Å². The molecule has 0 bridgehead atoms. The van der Waals surface area contributed by atoms with E-state index in [9.17, 15) is 13.2 Å². The van der Waals surface area contributed by atoms with E-state index < -0.39 is 10.0 Å². The summed E-state index contributed by atoms with van der Waals surface area (Å²) in [6, 6.07) is 5.09. The van der Waals surface area contributed by atoms with Crippen LogP contribution in [0.2, 0.25) is 0 Å². The number of benzene rings is 1. The minimum Gasteiger partial charge on any atom is -0.343 e. The van der Waals surface area contributed by atoms with Gasteiger partial charge in [-0.2, -0.15) is 4.31 Å². The predicted octanol–water partition coefficient (Wildman–Crippen LogP) is 2.94. The first kappa shape index (κ1) is 21.8. The fraction of sp³-hybridized carbons (Fsp3) is 0.619. The Morgan fingerprint density at radius 2 is 1.76 bits per heavy atom. The van der Waals surface area contributed by atoms with Crippen molar-refractivity contribution in [2.45, 2.75) is 57.3 Å². The molecule has 0 aliphatic carbocycles. The average molecular weight is 421 g/mol. The van der Waals surface area contributed by atoms with Gasteiger partial charge in [-0.1, -0.05) is 26.7 Å². The van der Waals surface area contributed by atoms with Crippen molar-refractivity contribution in [1.29, 1.82) is 0 Å². The van der Waals surface area contributed by atoms with Crippen LogP contribution < -0.4 is 0 Å². The summed E-state index contributed by atoms with van der Waals surface area (Å²) in [7, 11) is -1.60. The summed E-state index contributed by atoms with van der Waals surface area (Å²) in [6.07, 6.45) is 5.56. The zero-order chi connectivity index (χ0) is 21.0. The van der Waals surface area contributed by atoms with E-state index in [4.69, 9.17) is 0 Å². The zero-order valence-corrected chi connectivity index (χ0v) is 18.5. The number of carbonyl (C=O) groups is 1. The lowest BCUT2D eigenvalue weighted by Crippen LogP contribution is -2.32. The normalized spacial score (nSPS) is 15.8. The van der Waals surface area contributed by atoms with Gasteiger partial charge in [0.05, 0.1) is 15.9 Å². The highest BCUT2D eigenvalue weighted by atomic mass is 32.2. The fourth-order valence-electron chi connectivity index (χ4n) is 4.02. The number of imidazole rings is 1. The topological polar surface area (TPSA) is 75.5 Å². The second kappa shape index (κ2) is 9.26. The van der Waals surface area contributed by atoms with Crippen molar-refractivity contribution in [3.8, 4) is 0 Å². The number of amides is 1. The van der Waals surface area contributed by atoms with Gasteiger partial charge in [-0.25, -0.2) is 13.4 Å². The van der Waals surface area contributed by atoms with E-state index in [1.807, 2.05) is 30.4 Å². The Morgan fingerprint density at radius 3 is 2.38 bits per heavy atom. The van der Waals surface area contributed by atoms with Gasteiger partial charge in [-0.05, 0) is 31.0 Å². The highest BCUT2D eigenvalue weighted by molar-refractivity contribution is 7.89. The first-order valence-electron chi connectivity index (χ1n) is 10.6. The molecule has 1 aliphatic rings.